The van der Waals surface area contributed by atoms with Crippen LogP contribution in [0.5, 0.6) is 0 Å². The lowest BCUT2D eigenvalue weighted by molar-refractivity contribution is -0.137. The van der Waals surface area contributed by atoms with Crippen LogP contribution in [0.1, 0.15) is 35.3 Å². The fraction of sp³-hybridized carbons (Fsp3) is 0.348. The van der Waals surface area contributed by atoms with E-state index in [0.29, 0.717) is 17.9 Å². The Morgan fingerprint density at radius 1 is 1.03 bits per heavy atom. The minimum Gasteiger partial charge on any atom is -0.365 e. The van der Waals surface area contributed by atoms with Crippen LogP contribution in [-0.2, 0) is 6.18 Å². The summed E-state index contributed by atoms with van der Waals surface area (Å²) in [6, 6.07) is 5.28. The van der Waals surface area contributed by atoms with Gasteiger partial charge in [0.05, 0.1) is 29.6 Å². The summed E-state index contributed by atoms with van der Waals surface area (Å²) in [5.74, 6) is -0.0975. The molecule has 34 heavy (non-hydrogen) atoms. The molecule has 3 aromatic heterocycles. The topological polar surface area (TPSA) is 83.9 Å². The van der Waals surface area contributed by atoms with E-state index in [1.807, 2.05) is 0 Å². The number of anilines is 1. The second kappa shape index (κ2) is 8.62. The van der Waals surface area contributed by atoms with Crippen LogP contribution in [0, 0.1) is 11.7 Å². The molecule has 3 fully saturated rings. The predicted octanol–water partition coefficient (Wildman–Crippen LogP) is 4.20. The summed E-state index contributed by atoms with van der Waals surface area (Å²) in [5.41, 5.74) is -0.235. The lowest BCUT2D eigenvalue weighted by atomic mass is 9.76. The smallest absolute Gasteiger partial charge is 0.365 e. The molecule has 6 rings (SSSR count). The Labute approximate surface area is 192 Å². The first-order valence-electron chi connectivity index (χ1n) is 10.8. The van der Waals surface area contributed by atoms with Gasteiger partial charge in [-0.05, 0) is 49.4 Å². The van der Waals surface area contributed by atoms with E-state index >= 15 is 0 Å². The molecule has 0 aromatic carbocycles. The van der Waals surface area contributed by atoms with Crippen LogP contribution in [0.3, 0.4) is 0 Å². The summed E-state index contributed by atoms with van der Waals surface area (Å²) < 4.78 is 51.8. The number of hydrogen-bond donors (Lipinski definition) is 1. The van der Waals surface area contributed by atoms with Gasteiger partial charge in [0, 0.05) is 25.0 Å². The zero-order valence-corrected chi connectivity index (χ0v) is 17.8. The van der Waals surface area contributed by atoms with E-state index in [2.05, 4.69) is 25.3 Å². The molecule has 0 unspecified atom stereocenters. The first-order valence-corrected chi connectivity index (χ1v) is 10.8. The molecular formula is C23H20F4N6O. The number of nitrogens with zero attached hydrogens (tertiary/aromatic N) is 5. The number of nitrogens with one attached hydrogen (secondary N) is 1. The lowest BCUT2D eigenvalue weighted by Gasteiger charge is -2.50. The molecule has 2 bridgehead atoms. The lowest BCUT2D eigenvalue weighted by Crippen LogP contribution is -2.60. The average Bonchev–Trinajstić information content (AvgIpc) is 2.84. The maximum Gasteiger partial charge on any atom is 0.417 e. The molecule has 3 aliphatic rings. The Kier molecular flexibility index (Phi) is 5.62. The first kappa shape index (κ1) is 22.2. The number of aromatic nitrogens is 4. The molecule has 1 N–H and O–H groups in total. The molecule has 176 valence electrons. The van der Waals surface area contributed by atoms with E-state index in [9.17, 15) is 22.4 Å². The Morgan fingerprint density at radius 3 is 2.50 bits per heavy atom. The number of rotatable bonds is 4. The van der Waals surface area contributed by atoms with Crippen LogP contribution in [0.2, 0.25) is 0 Å². The summed E-state index contributed by atoms with van der Waals surface area (Å²) in [4.78, 5) is 31.5. The number of amides is 1. The van der Waals surface area contributed by atoms with E-state index in [4.69, 9.17) is 0 Å². The van der Waals surface area contributed by atoms with Crippen LogP contribution < -0.4 is 5.32 Å². The van der Waals surface area contributed by atoms with Crippen LogP contribution in [0.25, 0.3) is 11.4 Å². The van der Waals surface area contributed by atoms with Crippen molar-refractivity contribution in [3.8, 4) is 11.4 Å². The van der Waals surface area contributed by atoms with Gasteiger partial charge in [-0.25, -0.2) is 19.3 Å². The zero-order valence-electron chi connectivity index (χ0n) is 17.8. The third kappa shape index (κ3) is 4.29. The normalized spacial score (nSPS) is 22.0. The van der Waals surface area contributed by atoms with E-state index in [0.717, 1.165) is 43.9 Å². The van der Waals surface area contributed by atoms with Gasteiger partial charge in [-0.2, -0.15) is 13.2 Å². The van der Waals surface area contributed by atoms with Crippen molar-refractivity contribution in [3.63, 3.8) is 0 Å². The van der Waals surface area contributed by atoms with E-state index in [-0.39, 0.29) is 35.4 Å². The van der Waals surface area contributed by atoms with Crippen molar-refractivity contribution in [2.75, 3.05) is 11.9 Å². The molecule has 11 heteroatoms. The van der Waals surface area contributed by atoms with Crippen molar-refractivity contribution in [1.29, 1.82) is 0 Å². The number of fused-ring (bicyclic) bond motifs is 3. The number of alkyl halides is 3. The first-order chi connectivity index (χ1) is 16.3. The van der Waals surface area contributed by atoms with E-state index in [1.165, 1.54) is 12.3 Å². The Hall–Kier alpha value is -3.63. The van der Waals surface area contributed by atoms with Crippen LogP contribution in [0.15, 0.2) is 49.1 Å². The van der Waals surface area contributed by atoms with Crippen molar-refractivity contribution in [2.45, 2.75) is 37.5 Å². The number of halogens is 4. The standard InChI is InChI=1S/C23H20F4N6O/c24-15-10-30-21(31-11-15)16-2-1-7-28-20(16)22(34)33-12-13-3-5-18(33)17(8-13)32-19-6-4-14(9-29-19)23(25,26)27/h1-2,4,6-7,9-11,13,17-18H,3,5,8,12H2,(H,29,32)/t13-,17+,18-/m0/s1. The van der Waals surface area contributed by atoms with E-state index < -0.39 is 17.6 Å². The zero-order chi connectivity index (χ0) is 23.9. The Morgan fingerprint density at radius 2 is 1.82 bits per heavy atom. The van der Waals surface area contributed by atoms with Crippen LogP contribution >= 0.6 is 0 Å². The predicted molar refractivity (Wildman–Crippen MR) is 114 cm³/mol. The van der Waals surface area contributed by atoms with Gasteiger partial charge in [-0.15, -0.1) is 0 Å². The molecule has 3 atom stereocenters. The molecule has 1 amide bonds. The van der Waals surface area contributed by atoms with Gasteiger partial charge < -0.3 is 10.2 Å². The van der Waals surface area contributed by atoms with Crippen LogP contribution in [0.4, 0.5) is 23.4 Å². The molecular weight excluding hydrogens is 452 g/mol. The fourth-order valence-corrected chi connectivity index (χ4v) is 4.76. The minimum absolute atomic E-state index is 0.157. The highest BCUT2D eigenvalue weighted by Gasteiger charge is 2.44. The summed E-state index contributed by atoms with van der Waals surface area (Å²) in [7, 11) is 0. The highest BCUT2D eigenvalue weighted by Crippen LogP contribution is 2.38. The van der Waals surface area contributed by atoms with Crippen molar-refractivity contribution < 1.29 is 22.4 Å². The van der Waals surface area contributed by atoms with Crippen molar-refractivity contribution >= 4 is 11.7 Å². The summed E-state index contributed by atoms with van der Waals surface area (Å²) in [5, 5.41) is 3.22. The van der Waals surface area contributed by atoms with Crippen LogP contribution in [-0.4, -0.2) is 49.4 Å². The molecule has 0 radical (unpaired) electrons. The van der Waals surface area contributed by atoms with Crippen molar-refractivity contribution in [3.05, 3.63) is 66.1 Å². The Balaban J connectivity index is 1.38. The number of carbonyl (C=O) groups is 1. The molecule has 5 heterocycles. The van der Waals surface area contributed by atoms with Gasteiger partial charge in [0.2, 0.25) is 0 Å². The summed E-state index contributed by atoms with van der Waals surface area (Å²) in [6.07, 6.45) is 2.42. The van der Waals surface area contributed by atoms with Crippen molar-refractivity contribution in [1.82, 2.24) is 24.8 Å². The van der Waals surface area contributed by atoms with Gasteiger partial charge >= 0.3 is 6.18 Å². The van der Waals surface area contributed by atoms with Gasteiger partial charge in [0.1, 0.15) is 11.5 Å². The second-order valence-corrected chi connectivity index (χ2v) is 8.51. The third-order valence-electron chi connectivity index (χ3n) is 6.33. The highest BCUT2D eigenvalue weighted by molar-refractivity contribution is 5.98. The average molecular weight is 472 g/mol. The summed E-state index contributed by atoms with van der Waals surface area (Å²) >= 11 is 0. The largest absolute Gasteiger partial charge is 0.417 e. The molecule has 2 aliphatic heterocycles. The number of carbonyl (C=O) groups excluding carboxylic acids is 1. The molecule has 2 saturated heterocycles. The quantitative estimate of drug-likeness (QED) is 0.573. The minimum atomic E-state index is -4.45. The second-order valence-electron chi connectivity index (χ2n) is 8.51. The number of hydrogen-bond acceptors (Lipinski definition) is 6. The molecule has 3 aromatic rings. The monoisotopic (exact) mass is 472 g/mol. The molecule has 1 saturated carbocycles. The van der Waals surface area contributed by atoms with E-state index in [1.54, 1.807) is 17.0 Å². The highest BCUT2D eigenvalue weighted by atomic mass is 19.4. The molecule has 0 spiro atoms. The maximum absolute atomic E-state index is 13.6. The number of pyridine rings is 2. The fourth-order valence-electron chi connectivity index (χ4n) is 4.76. The summed E-state index contributed by atoms with van der Waals surface area (Å²) in [6.45, 7) is 0.558. The Bertz CT molecular complexity index is 1190. The van der Waals surface area contributed by atoms with Crippen molar-refractivity contribution in [2.24, 2.45) is 5.92 Å². The molecule has 7 nitrogen and oxygen atoms in total. The van der Waals surface area contributed by atoms with Gasteiger partial charge in [0.15, 0.2) is 11.6 Å². The van der Waals surface area contributed by atoms with Gasteiger partial charge in [-0.1, -0.05) is 0 Å². The molecule has 1 aliphatic carbocycles. The van der Waals surface area contributed by atoms with Gasteiger partial charge in [0.25, 0.3) is 5.91 Å². The number of piperidine rings is 2. The third-order valence-corrected chi connectivity index (χ3v) is 6.33. The van der Waals surface area contributed by atoms with Gasteiger partial charge in [-0.3, -0.25) is 9.78 Å². The maximum atomic E-state index is 13.6. The SMILES string of the molecule is O=C(c1ncccc1-c1ncc(F)cn1)N1C[C@H]2CC[C@H]1[C@H](Nc1ccc(C(F)(F)F)cn1)C2.